The third-order valence-electron chi connectivity index (χ3n) is 4.77. The summed E-state index contributed by atoms with van der Waals surface area (Å²) in [6, 6.07) is 0. The quantitative estimate of drug-likeness (QED) is 0.756. The van der Waals surface area contributed by atoms with Gasteiger partial charge in [0.05, 0.1) is 0 Å². The Balaban J connectivity index is 1.43. The summed E-state index contributed by atoms with van der Waals surface area (Å²) in [5.41, 5.74) is 5.64. The minimum Gasteiger partial charge on any atom is -0.341 e. The van der Waals surface area contributed by atoms with Crippen LogP contribution in [0.3, 0.4) is 0 Å². The van der Waals surface area contributed by atoms with Crippen molar-refractivity contribution in [2.24, 2.45) is 23.5 Å². The molecule has 1 aliphatic carbocycles. The maximum absolute atomic E-state index is 12.0. The van der Waals surface area contributed by atoms with Crippen LogP contribution in [0.1, 0.15) is 19.3 Å². The van der Waals surface area contributed by atoms with Gasteiger partial charge in [0, 0.05) is 25.6 Å². The van der Waals surface area contributed by atoms with Gasteiger partial charge in [-0.1, -0.05) is 6.42 Å². The van der Waals surface area contributed by atoms with Gasteiger partial charge in [0.25, 0.3) is 0 Å². The number of carbonyl (C=O) groups excluding carboxylic acids is 1. The summed E-state index contributed by atoms with van der Waals surface area (Å²) >= 11 is 0. The molecular formula is C13H23N3O. The molecule has 0 spiro atoms. The SMILES string of the molecule is NCC1C2CN(CCN3CCCCC3)C(=O)C12. The molecule has 0 radical (unpaired) electrons. The summed E-state index contributed by atoms with van der Waals surface area (Å²) in [5.74, 6) is 1.77. The summed E-state index contributed by atoms with van der Waals surface area (Å²) in [6.45, 7) is 6.11. The van der Waals surface area contributed by atoms with Gasteiger partial charge in [-0.3, -0.25) is 4.79 Å². The Kier molecular flexibility index (Phi) is 3.09. The standard InChI is InChI=1S/C13H23N3O/c14-8-10-11-9-16(13(17)12(10)11)7-6-15-4-2-1-3-5-15/h10-12H,1-9,14H2. The van der Waals surface area contributed by atoms with Crippen molar-refractivity contribution >= 4 is 5.91 Å². The van der Waals surface area contributed by atoms with Crippen molar-refractivity contribution in [2.45, 2.75) is 19.3 Å². The van der Waals surface area contributed by atoms with Gasteiger partial charge in [0.2, 0.25) is 5.91 Å². The number of nitrogens with zero attached hydrogens (tertiary/aromatic N) is 2. The molecule has 0 aromatic carbocycles. The number of fused-ring (bicyclic) bond motifs is 1. The van der Waals surface area contributed by atoms with Crippen LogP contribution in [0.25, 0.3) is 0 Å². The topological polar surface area (TPSA) is 49.6 Å². The molecule has 3 atom stereocenters. The van der Waals surface area contributed by atoms with Gasteiger partial charge >= 0.3 is 0 Å². The number of nitrogens with two attached hydrogens (primary N) is 1. The predicted molar refractivity (Wildman–Crippen MR) is 66.4 cm³/mol. The zero-order valence-corrected chi connectivity index (χ0v) is 10.5. The molecule has 2 aliphatic heterocycles. The van der Waals surface area contributed by atoms with Crippen molar-refractivity contribution in [3.63, 3.8) is 0 Å². The number of carbonyl (C=O) groups is 1. The van der Waals surface area contributed by atoms with E-state index < -0.39 is 0 Å². The summed E-state index contributed by atoms with van der Waals surface area (Å²) in [6.07, 6.45) is 4.03. The lowest BCUT2D eigenvalue weighted by molar-refractivity contribution is -0.130. The molecule has 3 aliphatic rings. The predicted octanol–water partition coefficient (Wildman–Crippen LogP) is 0.135. The van der Waals surface area contributed by atoms with E-state index in [1.54, 1.807) is 0 Å². The van der Waals surface area contributed by atoms with Crippen molar-refractivity contribution in [1.82, 2.24) is 9.80 Å². The molecule has 0 aromatic rings. The van der Waals surface area contributed by atoms with Crippen LogP contribution in [0.4, 0.5) is 0 Å². The number of likely N-dealkylation sites (tertiary alicyclic amines) is 2. The first-order valence-corrected chi connectivity index (χ1v) is 7.02. The van der Waals surface area contributed by atoms with E-state index in [1.807, 2.05) is 0 Å². The number of piperidine rings is 2. The van der Waals surface area contributed by atoms with Gasteiger partial charge in [0.15, 0.2) is 0 Å². The molecule has 1 amide bonds. The van der Waals surface area contributed by atoms with Gasteiger partial charge in [-0.05, 0) is 44.3 Å². The lowest BCUT2D eigenvalue weighted by Gasteiger charge is -2.29. The van der Waals surface area contributed by atoms with Crippen LogP contribution in [0, 0.1) is 17.8 Å². The summed E-state index contributed by atoms with van der Waals surface area (Å²) < 4.78 is 0. The van der Waals surface area contributed by atoms with Crippen molar-refractivity contribution in [2.75, 3.05) is 39.3 Å². The van der Waals surface area contributed by atoms with Crippen LogP contribution in [0.5, 0.6) is 0 Å². The second-order valence-electron chi connectivity index (χ2n) is 5.78. The third-order valence-corrected chi connectivity index (χ3v) is 4.77. The van der Waals surface area contributed by atoms with Gasteiger partial charge < -0.3 is 15.5 Å². The summed E-state index contributed by atoms with van der Waals surface area (Å²) in [5, 5.41) is 0. The van der Waals surface area contributed by atoms with E-state index in [2.05, 4.69) is 9.80 Å². The summed E-state index contributed by atoms with van der Waals surface area (Å²) in [4.78, 5) is 16.6. The van der Waals surface area contributed by atoms with Crippen LogP contribution in [0.15, 0.2) is 0 Å². The first-order chi connectivity index (χ1) is 8.31. The number of hydrogen-bond donors (Lipinski definition) is 1. The fourth-order valence-corrected chi connectivity index (χ4v) is 3.58. The van der Waals surface area contributed by atoms with Gasteiger partial charge in [-0.15, -0.1) is 0 Å². The fourth-order valence-electron chi connectivity index (χ4n) is 3.58. The average molecular weight is 237 g/mol. The van der Waals surface area contributed by atoms with Crippen LogP contribution in [0.2, 0.25) is 0 Å². The Morgan fingerprint density at radius 2 is 1.94 bits per heavy atom. The molecule has 2 saturated heterocycles. The molecule has 17 heavy (non-hydrogen) atoms. The largest absolute Gasteiger partial charge is 0.341 e. The van der Waals surface area contributed by atoms with Crippen molar-refractivity contribution < 1.29 is 4.79 Å². The molecule has 3 unspecified atom stereocenters. The Labute approximate surface area is 103 Å². The second kappa shape index (κ2) is 4.58. The molecule has 96 valence electrons. The fraction of sp³-hybridized carbons (Fsp3) is 0.923. The molecule has 0 bridgehead atoms. The molecule has 2 N–H and O–H groups in total. The Bertz CT molecular complexity index is 301. The van der Waals surface area contributed by atoms with Gasteiger partial charge in [0.1, 0.15) is 0 Å². The van der Waals surface area contributed by atoms with E-state index in [0.717, 1.165) is 19.6 Å². The minimum atomic E-state index is 0.293. The second-order valence-corrected chi connectivity index (χ2v) is 5.78. The van der Waals surface area contributed by atoms with Crippen LogP contribution in [-0.4, -0.2) is 55.0 Å². The van der Waals surface area contributed by atoms with E-state index in [0.29, 0.717) is 30.2 Å². The van der Waals surface area contributed by atoms with Crippen molar-refractivity contribution in [3.8, 4) is 0 Å². The van der Waals surface area contributed by atoms with Crippen molar-refractivity contribution in [3.05, 3.63) is 0 Å². The molecule has 3 fully saturated rings. The van der Waals surface area contributed by atoms with E-state index in [1.165, 1.54) is 32.4 Å². The number of hydrogen-bond acceptors (Lipinski definition) is 3. The minimum absolute atomic E-state index is 0.293. The maximum Gasteiger partial charge on any atom is 0.226 e. The molecular weight excluding hydrogens is 214 g/mol. The molecule has 1 saturated carbocycles. The molecule has 4 heteroatoms. The Hall–Kier alpha value is -0.610. The zero-order chi connectivity index (χ0) is 11.8. The maximum atomic E-state index is 12.0. The van der Waals surface area contributed by atoms with Crippen LogP contribution < -0.4 is 5.73 Å². The molecule has 0 aromatic heterocycles. The average Bonchev–Trinajstić information content (AvgIpc) is 2.98. The lowest BCUT2D eigenvalue weighted by Crippen LogP contribution is -2.40. The number of amides is 1. The van der Waals surface area contributed by atoms with E-state index in [9.17, 15) is 4.79 Å². The highest BCUT2D eigenvalue weighted by atomic mass is 16.2. The van der Waals surface area contributed by atoms with E-state index in [4.69, 9.17) is 5.73 Å². The highest BCUT2D eigenvalue weighted by Crippen LogP contribution is 2.51. The van der Waals surface area contributed by atoms with E-state index in [-0.39, 0.29) is 0 Å². The zero-order valence-electron chi connectivity index (χ0n) is 10.5. The first kappa shape index (κ1) is 11.5. The summed E-state index contributed by atoms with van der Waals surface area (Å²) in [7, 11) is 0. The normalized spacial score (nSPS) is 37.4. The highest BCUT2D eigenvalue weighted by molar-refractivity contribution is 5.85. The molecule has 2 heterocycles. The van der Waals surface area contributed by atoms with Crippen LogP contribution >= 0.6 is 0 Å². The Morgan fingerprint density at radius 1 is 1.18 bits per heavy atom. The lowest BCUT2D eigenvalue weighted by atomic mass is 10.1. The molecule has 4 nitrogen and oxygen atoms in total. The third kappa shape index (κ3) is 2.08. The van der Waals surface area contributed by atoms with Gasteiger partial charge in [-0.2, -0.15) is 0 Å². The van der Waals surface area contributed by atoms with Crippen molar-refractivity contribution in [1.29, 1.82) is 0 Å². The Morgan fingerprint density at radius 3 is 2.53 bits per heavy atom. The number of rotatable bonds is 4. The highest BCUT2D eigenvalue weighted by Gasteiger charge is 2.60. The smallest absolute Gasteiger partial charge is 0.226 e. The van der Waals surface area contributed by atoms with E-state index >= 15 is 0 Å². The van der Waals surface area contributed by atoms with Crippen LogP contribution in [-0.2, 0) is 4.79 Å². The monoisotopic (exact) mass is 237 g/mol. The molecule has 3 rings (SSSR count). The van der Waals surface area contributed by atoms with Gasteiger partial charge in [-0.25, -0.2) is 0 Å². The first-order valence-electron chi connectivity index (χ1n) is 7.02.